The fourth-order valence-corrected chi connectivity index (χ4v) is 6.03. The summed E-state index contributed by atoms with van der Waals surface area (Å²) in [5, 5.41) is 0. The number of carbonyl (C=O) groups is 1. The van der Waals surface area contributed by atoms with Crippen molar-refractivity contribution in [2.24, 2.45) is 13.0 Å². The molecule has 34 heavy (non-hydrogen) atoms. The van der Waals surface area contributed by atoms with Gasteiger partial charge in [-0.1, -0.05) is 67.8 Å². The summed E-state index contributed by atoms with van der Waals surface area (Å²) in [4.78, 5) is 18.6. The van der Waals surface area contributed by atoms with Gasteiger partial charge in [0.2, 0.25) is 0 Å². The molecular weight excluding hydrogens is 418 g/mol. The average molecular weight is 456 g/mol. The van der Waals surface area contributed by atoms with Crippen LogP contribution in [-0.4, -0.2) is 46.0 Å². The number of hydrogen-bond acceptors (Lipinski definition) is 2. The molecule has 0 N–H and O–H groups in total. The van der Waals surface area contributed by atoms with Crippen LogP contribution in [0.15, 0.2) is 79.0 Å². The summed E-state index contributed by atoms with van der Waals surface area (Å²) in [6, 6.07) is 25.6. The summed E-state index contributed by atoms with van der Waals surface area (Å²) >= 11 is 0. The molecule has 0 bridgehead atoms. The highest BCUT2D eigenvalue weighted by molar-refractivity contribution is 5.94. The second kappa shape index (κ2) is 10.6. The quantitative estimate of drug-likeness (QED) is 0.456. The van der Waals surface area contributed by atoms with E-state index < -0.39 is 0 Å². The van der Waals surface area contributed by atoms with Crippen molar-refractivity contribution < 1.29 is 4.79 Å². The van der Waals surface area contributed by atoms with E-state index in [-0.39, 0.29) is 5.91 Å². The highest BCUT2D eigenvalue weighted by Gasteiger charge is 2.38. The van der Waals surface area contributed by atoms with Crippen molar-refractivity contribution in [3.05, 3.63) is 95.8 Å². The van der Waals surface area contributed by atoms with Crippen molar-refractivity contribution in [1.29, 1.82) is 0 Å². The SMILES string of the molecule is Cn1cccc1CN1CC(CN(C(=O)c2ccccc2)C2CCCCC2)C(c2ccccc2)C1. The van der Waals surface area contributed by atoms with Gasteiger partial charge in [0.05, 0.1) is 0 Å². The molecule has 1 aromatic heterocycles. The van der Waals surface area contributed by atoms with Crippen molar-refractivity contribution in [3.8, 4) is 0 Å². The molecule has 5 rings (SSSR count). The lowest BCUT2D eigenvalue weighted by molar-refractivity contribution is 0.0588. The van der Waals surface area contributed by atoms with Crippen LogP contribution in [0.25, 0.3) is 0 Å². The Morgan fingerprint density at radius 3 is 2.26 bits per heavy atom. The summed E-state index contributed by atoms with van der Waals surface area (Å²) in [5.74, 6) is 1.08. The second-order valence-electron chi connectivity index (χ2n) is 10.2. The zero-order chi connectivity index (χ0) is 23.3. The van der Waals surface area contributed by atoms with Gasteiger partial charge in [-0.3, -0.25) is 9.69 Å². The van der Waals surface area contributed by atoms with Gasteiger partial charge in [0, 0.05) is 62.6 Å². The first-order chi connectivity index (χ1) is 16.7. The Kier molecular flexibility index (Phi) is 7.15. The fourth-order valence-electron chi connectivity index (χ4n) is 6.03. The number of nitrogens with zero attached hydrogens (tertiary/aromatic N) is 3. The van der Waals surface area contributed by atoms with Crippen molar-refractivity contribution >= 4 is 5.91 Å². The summed E-state index contributed by atoms with van der Waals surface area (Å²) in [6.45, 7) is 3.86. The molecule has 1 saturated heterocycles. The predicted octanol–water partition coefficient (Wildman–Crippen LogP) is 5.72. The predicted molar refractivity (Wildman–Crippen MR) is 138 cm³/mol. The van der Waals surface area contributed by atoms with Gasteiger partial charge in [-0.2, -0.15) is 0 Å². The molecule has 0 radical (unpaired) electrons. The van der Waals surface area contributed by atoms with Gasteiger partial charge in [0.15, 0.2) is 0 Å². The van der Waals surface area contributed by atoms with Crippen LogP contribution in [0.3, 0.4) is 0 Å². The lowest BCUT2D eigenvalue weighted by Crippen LogP contribution is -2.45. The number of rotatable bonds is 7. The minimum absolute atomic E-state index is 0.209. The van der Waals surface area contributed by atoms with E-state index in [1.807, 2.05) is 30.3 Å². The van der Waals surface area contributed by atoms with Crippen LogP contribution in [0.2, 0.25) is 0 Å². The van der Waals surface area contributed by atoms with Crippen LogP contribution in [0.5, 0.6) is 0 Å². The molecule has 1 amide bonds. The summed E-state index contributed by atoms with van der Waals surface area (Å²) in [5.41, 5.74) is 3.57. The van der Waals surface area contributed by atoms with Crippen molar-refractivity contribution in [1.82, 2.24) is 14.4 Å². The number of amides is 1. The first kappa shape index (κ1) is 22.9. The summed E-state index contributed by atoms with van der Waals surface area (Å²) < 4.78 is 2.22. The Morgan fingerprint density at radius 1 is 0.882 bits per heavy atom. The van der Waals surface area contributed by atoms with E-state index in [2.05, 4.69) is 70.1 Å². The van der Waals surface area contributed by atoms with Gasteiger partial charge in [-0.15, -0.1) is 0 Å². The molecule has 1 aliphatic carbocycles. The van der Waals surface area contributed by atoms with E-state index in [0.717, 1.165) is 44.6 Å². The van der Waals surface area contributed by atoms with Crippen LogP contribution in [-0.2, 0) is 13.6 Å². The van der Waals surface area contributed by atoms with E-state index in [1.165, 1.54) is 30.5 Å². The van der Waals surface area contributed by atoms with E-state index in [4.69, 9.17) is 0 Å². The second-order valence-corrected chi connectivity index (χ2v) is 10.2. The van der Waals surface area contributed by atoms with Crippen molar-refractivity contribution in [2.45, 2.75) is 50.6 Å². The molecule has 2 atom stereocenters. The molecule has 4 nitrogen and oxygen atoms in total. The Hall–Kier alpha value is -2.85. The van der Waals surface area contributed by atoms with Crippen LogP contribution >= 0.6 is 0 Å². The lowest BCUT2D eigenvalue weighted by Gasteiger charge is -2.37. The third-order valence-corrected chi connectivity index (χ3v) is 7.91. The molecule has 1 saturated carbocycles. The van der Waals surface area contributed by atoms with Gasteiger partial charge in [0.1, 0.15) is 0 Å². The molecule has 4 heteroatoms. The van der Waals surface area contributed by atoms with Gasteiger partial charge >= 0.3 is 0 Å². The van der Waals surface area contributed by atoms with Crippen LogP contribution in [0.4, 0.5) is 0 Å². The van der Waals surface area contributed by atoms with Crippen molar-refractivity contribution in [3.63, 3.8) is 0 Å². The van der Waals surface area contributed by atoms with Crippen LogP contribution in [0.1, 0.15) is 59.6 Å². The number of aryl methyl sites for hydroxylation is 1. The third-order valence-electron chi connectivity index (χ3n) is 7.91. The van der Waals surface area contributed by atoms with E-state index in [0.29, 0.717) is 17.9 Å². The minimum atomic E-state index is 0.209. The van der Waals surface area contributed by atoms with Gasteiger partial charge in [-0.25, -0.2) is 0 Å². The Balaban J connectivity index is 1.41. The number of hydrogen-bond donors (Lipinski definition) is 0. The van der Waals surface area contributed by atoms with Gasteiger partial charge < -0.3 is 9.47 Å². The molecule has 2 fully saturated rings. The standard InChI is InChI=1S/C30H37N3O/c1-31-19-11-18-28(31)22-32-20-26(29(23-32)24-12-5-2-6-13-24)21-33(27-16-9-4-10-17-27)30(34)25-14-7-3-8-15-25/h2-3,5-8,11-15,18-19,26-27,29H,4,9-10,16-17,20-23H2,1H3. The van der Waals surface area contributed by atoms with Crippen LogP contribution < -0.4 is 0 Å². The Labute approximate surface area is 204 Å². The zero-order valence-corrected chi connectivity index (χ0v) is 20.4. The normalized spacial score (nSPS) is 21.6. The van der Waals surface area contributed by atoms with Gasteiger partial charge in [0.25, 0.3) is 5.91 Å². The van der Waals surface area contributed by atoms with E-state index >= 15 is 0 Å². The molecule has 178 valence electrons. The largest absolute Gasteiger partial charge is 0.353 e. The molecule has 3 aromatic rings. The molecular formula is C30H37N3O. The van der Waals surface area contributed by atoms with Gasteiger partial charge in [-0.05, 0) is 48.6 Å². The first-order valence-corrected chi connectivity index (χ1v) is 12.9. The van der Waals surface area contributed by atoms with Crippen LogP contribution in [0, 0.1) is 5.92 Å². The smallest absolute Gasteiger partial charge is 0.254 e. The zero-order valence-electron chi connectivity index (χ0n) is 20.4. The lowest BCUT2D eigenvalue weighted by atomic mass is 9.87. The maximum atomic E-state index is 13.8. The average Bonchev–Trinajstić information content (AvgIpc) is 3.49. The number of carbonyl (C=O) groups excluding carboxylic acids is 1. The third kappa shape index (κ3) is 5.12. The highest BCUT2D eigenvalue weighted by Crippen LogP contribution is 2.36. The molecule has 2 aromatic carbocycles. The maximum Gasteiger partial charge on any atom is 0.254 e. The molecule has 2 unspecified atom stereocenters. The Morgan fingerprint density at radius 2 is 1.59 bits per heavy atom. The molecule has 2 heterocycles. The summed E-state index contributed by atoms with van der Waals surface area (Å²) in [7, 11) is 2.13. The molecule has 0 spiro atoms. The minimum Gasteiger partial charge on any atom is -0.353 e. The van der Waals surface area contributed by atoms with Crippen molar-refractivity contribution in [2.75, 3.05) is 19.6 Å². The maximum absolute atomic E-state index is 13.8. The summed E-state index contributed by atoms with van der Waals surface area (Å²) in [6.07, 6.45) is 8.15. The molecule has 2 aliphatic rings. The number of likely N-dealkylation sites (tertiary alicyclic amines) is 1. The highest BCUT2D eigenvalue weighted by atomic mass is 16.2. The first-order valence-electron chi connectivity index (χ1n) is 12.9. The number of aromatic nitrogens is 1. The monoisotopic (exact) mass is 455 g/mol. The van der Waals surface area contributed by atoms with E-state index in [1.54, 1.807) is 0 Å². The topological polar surface area (TPSA) is 28.5 Å². The Bertz CT molecular complexity index is 1050. The fraction of sp³-hybridized carbons (Fsp3) is 0.433. The molecule has 1 aliphatic heterocycles. The van der Waals surface area contributed by atoms with E-state index in [9.17, 15) is 4.79 Å². The number of benzene rings is 2.